The Morgan fingerprint density at radius 1 is 1.86 bits per heavy atom. The van der Waals surface area contributed by atoms with Crippen LogP contribution in [0, 0.1) is 0 Å². The van der Waals surface area contributed by atoms with Gasteiger partial charge in [-0.05, 0) is 7.05 Å². The first-order valence-corrected chi connectivity index (χ1v) is 2.30. The molecule has 1 aliphatic rings. The van der Waals surface area contributed by atoms with Crippen molar-refractivity contribution in [3.05, 3.63) is 0 Å². The minimum Gasteiger partial charge on any atom is -0.364 e. The van der Waals surface area contributed by atoms with Crippen molar-refractivity contribution in [2.45, 2.75) is 0 Å². The van der Waals surface area contributed by atoms with Crippen LogP contribution in [0.2, 0.25) is 0 Å². The zero-order chi connectivity index (χ0) is 5.11. The molecule has 1 aliphatic heterocycles. The van der Waals surface area contributed by atoms with Gasteiger partial charge in [-0.1, -0.05) is 0 Å². The van der Waals surface area contributed by atoms with Gasteiger partial charge in [0.15, 0.2) is 0 Å². The highest BCUT2D eigenvalue weighted by molar-refractivity contribution is 5.54. The summed E-state index contributed by atoms with van der Waals surface area (Å²) in [6.45, 7) is 1.75. The second-order valence-electron chi connectivity index (χ2n) is 1.67. The van der Waals surface area contributed by atoms with Gasteiger partial charge in [0.25, 0.3) is 0 Å². The predicted molar refractivity (Wildman–Crippen MR) is 29.1 cm³/mol. The minimum absolute atomic E-state index is 0.826. The Hall–Kier alpha value is -0.570. The summed E-state index contributed by atoms with van der Waals surface area (Å²) in [5.74, 6) is 0. The third-order valence-electron chi connectivity index (χ3n) is 0.867. The Morgan fingerprint density at radius 2 is 2.71 bits per heavy atom. The zero-order valence-electron chi connectivity index (χ0n) is 4.39. The standard InChI is InChI=1S/C4H9N3/c1-7-3-5-2-6-4-7/h2H,3-4H2,1H3,(H,5,6). The minimum atomic E-state index is 0.826. The van der Waals surface area contributed by atoms with E-state index in [-0.39, 0.29) is 0 Å². The van der Waals surface area contributed by atoms with E-state index in [1.54, 1.807) is 6.34 Å². The maximum absolute atomic E-state index is 3.95. The van der Waals surface area contributed by atoms with Gasteiger partial charge in [-0.15, -0.1) is 0 Å². The van der Waals surface area contributed by atoms with Gasteiger partial charge in [-0.25, -0.2) is 0 Å². The SMILES string of the molecule is CN1CN=CNC1. The smallest absolute Gasteiger partial charge is 0.0938 e. The highest BCUT2D eigenvalue weighted by atomic mass is 15.3. The van der Waals surface area contributed by atoms with Crippen molar-refractivity contribution in [1.29, 1.82) is 0 Å². The van der Waals surface area contributed by atoms with Crippen molar-refractivity contribution < 1.29 is 0 Å². The lowest BCUT2D eigenvalue weighted by Crippen LogP contribution is -2.34. The van der Waals surface area contributed by atoms with Crippen molar-refractivity contribution in [1.82, 2.24) is 10.2 Å². The van der Waals surface area contributed by atoms with Crippen LogP contribution >= 0.6 is 0 Å². The van der Waals surface area contributed by atoms with E-state index in [9.17, 15) is 0 Å². The van der Waals surface area contributed by atoms with Crippen LogP contribution in [0.4, 0.5) is 0 Å². The van der Waals surface area contributed by atoms with E-state index in [1.165, 1.54) is 0 Å². The van der Waals surface area contributed by atoms with Gasteiger partial charge in [-0.2, -0.15) is 0 Å². The molecule has 0 saturated heterocycles. The second-order valence-corrected chi connectivity index (χ2v) is 1.67. The van der Waals surface area contributed by atoms with Crippen LogP contribution in [0.25, 0.3) is 0 Å². The van der Waals surface area contributed by atoms with Gasteiger partial charge in [-0.3, -0.25) is 9.89 Å². The summed E-state index contributed by atoms with van der Waals surface area (Å²) in [6, 6.07) is 0. The summed E-state index contributed by atoms with van der Waals surface area (Å²) in [5.41, 5.74) is 0. The van der Waals surface area contributed by atoms with E-state index in [0.717, 1.165) is 13.3 Å². The Labute approximate surface area is 43.0 Å². The molecule has 0 saturated carbocycles. The molecule has 0 spiro atoms. The molecular weight excluding hydrogens is 90.1 g/mol. The van der Waals surface area contributed by atoms with Crippen molar-refractivity contribution in [3.63, 3.8) is 0 Å². The van der Waals surface area contributed by atoms with E-state index in [0.29, 0.717) is 0 Å². The first-order valence-electron chi connectivity index (χ1n) is 2.30. The molecule has 0 fully saturated rings. The molecule has 0 unspecified atom stereocenters. The molecule has 1 rings (SSSR count). The molecule has 0 aliphatic carbocycles. The van der Waals surface area contributed by atoms with Crippen LogP contribution < -0.4 is 5.32 Å². The highest BCUT2D eigenvalue weighted by Crippen LogP contribution is 1.81. The Balaban J connectivity index is 2.32. The lowest BCUT2D eigenvalue weighted by Gasteiger charge is -2.16. The second kappa shape index (κ2) is 1.93. The lowest BCUT2D eigenvalue weighted by atomic mass is 10.7. The molecular formula is C4H9N3. The van der Waals surface area contributed by atoms with Gasteiger partial charge in [0.05, 0.1) is 19.7 Å². The molecule has 0 atom stereocenters. The molecule has 0 aromatic heterocycles. The van der Waals surface area contributed by atoms with E-state index in [4.69, 9.17) is 0 Å². The van der Waals surface area contributed by atoms with Crippen LogP contribution in [0.15, 0.2) is 4.99 Å². The number of nitrogens with one attached hydrogen (secondary N) is 1. The molecule has 7 heavy (non-hydrogen) atoms. The lowest BCUT2D eigenvalue weighted by molar-refractivity contribution is 0.327. The number of rotatable bonds is 0. The average Bonchev–Trinajstić information content (AvgIpc) is 1.69. The van der Waals surface area contributed by atoms with Crippen molar-refractivity contribution in [3.8, 4) is 0 Å². The predicted octanol–water partition coefficient (Wildman–Crippen LogP) is -0.535. The summed E-state index contributed by atoms with van der Waals surface area (Å²) >= 11 is 0. The van der Waals surface area contributed by atoms with Crippen molar-refractivity contribution in [2.75, 3.05) is 20.4 Å². The number of aliphatic imine (C=N–C) groups is 1. The van der Waals surface area contributed by atoms with Gasteiger partial charge >= 0.3 is 0 Å². The highest BCUT2D eigenvalue weighted by Gasteiger charge is 1.95. The molecule has 3 heteroatoms. The molecule has 3 nitrogen and oxygen atoms in total. The normalized spacial score (nSPS) is 21.9. The Morgan fingerprint density at radius 3 is 3.00 bits per heavy atom. The van der Waals surface area contributed by atoms with Crippen LogP contribution in [0.1, 0.15) is 0 Å². The van der Waals surface area contributed by atoms with E-state index in [2.05, 4.69) is 15.2 Å². The number of hydrogen-bond donors (Lipinski definition) is 1. The maximum Gasteiger partial charge on any atom is 0.0938 e. The van der Waals surface area contributed by atoms with E-state index in [1.807, 2.05) is 7.05 Å². The van der Waals surface area contributed by atoms with Crippen LogP contribution in [0.5, 0.6) is 0 Å². The van der Waals surface area contributed by atoms with Gasteiger partial charge in [0.1, 0.15) is 0 Å². The van der Waals surface area contributed by atoms with E-state index < -0.39 is 0 Å². The molecule has 40 valence electrons. The quantitative estimate of drug-likeness (QED) is 0.442. The van der Waals surface area contributed by atoms with E-state index >= 15 is 0 Å². The first kappa shape index (κ1) is 4.59. The van der Waals surface area contributed by atoms with Gasteiger partial charge in [0, 0.05) is 0 Å². The first-order chi connectivity index (χ1) is 3.39. The average molecular weight is 99.1 g/mol. The van der Waals surface area contributed by atoms with Gasteiger partial charge in [0.2, 0.25) is 0 Å². The van der Waals surface area contributed by atoms with Crippen molar-refractivity contribution in [2.24, 2.45) is 4.99 Å². The van der Waals surface area contributed by atoms with Crippen LogP contribution in [0.3, 0.4) is 0 Å². The summed E-state index contributed by atoms with van der Waals surface area (Å²) in [6.07, 6.45) is 1.74. The molecule has 0 radical (unpaired) electrons. The van der Waals surface area contributed by atoms with Gasteiger partial charge < -0.3 is 5.32 Å². The fourth-order valence-electron chi connectivity index (χ4n) is 0.491. The largest absolute Gasteiger partial charge is 0.364 e. The van der Waals surface area contributed by atoms with Crippen LogP contribution in [-0.2, 0) is 0 Å². The molecule has 1 N–H and O–H groups in total. The van der Waals surface area contributed by atoms with Crippen molar-refractivity contribution >= 4 is 6.34 Å². The van der Waals surface area contributed by atoms with Crippen LogP contribution in [-0.4, -0.2) is 31.6 Å². The third-order valence-corrected chi connectivity index (χ3v) is 0.867. The fraction of sp³-hybridized carbons (Fsp3) is 0.750. The molecule has 0 aromatic rings. The summed E-state index contributed by atoms with van der Waals surface area (Å²) in [5, 5.41) is 2.97. The number of hydrogen-bond acceptors (Lipinski definition) is 3. The summed E-state index contributed by atoms with van der Waals surface area (Å²) in [4.78, 5) is 6.03. The number of nitrogens with zero attached hydrogens (tertiary/aromatic N) is 2. The molecule has 0 aromatic carbocycles. The third kappa shape index (κ3) is 1.16. The summed E-state index contributed by atoms with van der Waals surface area (Å²) in [7, 11) is 2.02. The molecule has 0 amide bonds. The Bertz CT molecular complexity index is 79.0. The maximum atomic E-state index is 3.95. The monoisotopic (exact) mass is 99.1 g/mol. The topological polar surface area (TPSA) is 27.6 Å². The fourth-order valence-corrected chi connectivity index (χ4v) is 0.491. The molecule has 1 heterocycles. The zero-order valence-corrected chi connectivity index (χ0v) is 4.39. The molecule has 0 bridgehead atoms. The summed E-state index contributed by atoms with van der Waals surface area (Å²) < 4.78 is 0. The Kier molecular flexibility index (Phi) is 1.26.